The number of aromatic nitrogens is 4. The molecule has 2 N–H and O–H groups in total. The molecule has 2 heterocycles. The number of rotatable bonds is 1. The van der Waals surface area contributed by atoms with Gasteiger partial charge in [0.2, 0.25) is 0 Å². The predicted octanol–water partition coefficient (Wildman–Crippen LogP) is 1.10. The van der Waals surface area contributed by atoms with Crippen LogP contribution in [-0.2, 0) is 0 Å². The van der Waals surface area contributed by atoms with Gasteiger partial charge in [-0.05, 0) is 6.92 Å². The molecule has 0 saturated carbocycles. The van der Waals surface area contributed by atoms with Gasteiger partial charge in [-0.2, -0.15) is 9.19 Å². The highest BCUT2D eigenvalue weighted by Crippen LogP contribution is 2.23. The minimum Gasteiger partial charge on any atom is -0.383 e. The van der Waals surface area contributed by atoms with E-state index in [-0.39, 0.29) is 12.3 Å². The van der Waals surface area contributed by atoms with E-state index in [0.717, 1.165) is 4.09 Å². The van der Waals surface area contributed by atoms with Crippen molar-refractivity contribution < 1.29 is 3.89 Å². The fourth-order valence-electron chi connectivity index (χ4n) is 1.16. The summed E-state index contributed by atoms with van der Waals surface area (Å²) in [6.45, 7) is 1.73. The highest BCUT2D eigenvalue weighted by molar-refractivity contribution is 7.92. The summed E-state index contributed by atoms with van der Waals surface area (Å²) in [5, 5.41) is 4.50. The van der Waals surface area contributed by atoms with E-state index in [1.54, 1.807) is 6.92 Å². The lowest BCUT2D eigenvalue weighted by Gasteiger charge is -1.94. The van der Waals surface area contributed by atoms with Crippen LogP contribution >= 0.6 is 12.3 Å². The third-order valence-corrected chi connectivity index (χ3v) is 2.09. The maximum atomic E-state index is 12.3. The van der Waals surface area contributed by atoms with Gasteiger partial charge in [0.25, 0.3) is 0 Å². The summed E-state index contributed by atoms with van der Waals surface area (Å²) in [6.07, 6.45) is 1.28. The van der Waals surface area contributed by atoms with Crippen LogP contribution < -0.4 is 5.73 Å². The van der Waals surface area contributed by atoms with Gasteiger partial charge in [0.15, 0.2) is 18.0 Å². The molecule has 0 amide bonds. The Bertz CT molecular complexity index is 453. The second-order valence-electron chi connectivity index (χ2n) is 2.48. The fourth-order valence-corrected chi connectivity index (χ4v) is 1.52. The molecule has 2 rings (SSSR count). The number of hydrogen-bond donors (Lipinski definition) is 1. The van der Waals surface area contributed by atoms with E-state index in [1.807, 2.05) is 0 Å². The van der Waals surface area contributed by atoms with Crippen LogP contribution in [0.25, 0.3) is 11.0 Å². The van der Waals surface area contributed by atoms with Crippen LogP contribution in [-0.4, -0.2) is 19.2 Å². The summed E-state index contributed by atoms with van der Waals surface area (Å²) in [5.41, 5.74) is 6.61. The monoisotopic (exact) mass is 199 g/mol. The van der Waals surface area contributed by atoms with Crippen molar-refractivity contribution in [2.45, 2.75) is 6.92 Å². The zero-order valence-electron chi connectivity index (χ0n) is 6.73. The smallest absolute Gasteiger partial charge is 0.189 e. The normalized spacial score (nSPS) is 10.9. The third kappa shape index (κ3) is 1.12. The van der Waals surface area contributed by atoms with E-state index in [2.05, 4.69) is 15.1 Å². The van der Waals surface area contributed by atoms with Gasteiger partial charge in [0.1, 0.15) is 12.1 Å². The van der Waals surface area contributed by atoms with Gasteiger partial charge in [-0.3, -0.25) is 0 Å². The number of aryl methyl sites for hydroxylation is 1. The lowest BCUT2D eigenvalue weighted by Crippen LogP contribution is -1.93. The molecule has 0 unspecified atom stereocenters. The number of nitrogens with zero attached hydrogens (tertiary/aromatic N) is 4. The number of hydrogen-bond acceptors (Lipinski definition) is 5. The van der Waals surface area contributed by atoms with Crippen LogP contribution in [0.2, 0.25) is 0 Å². The first-order valence-electron chi connectivity index (χ1n) is 3.49. The van der Waals surface area contributed by atoms with Crippen molar-refractivity contribution in [2.24, 2.45) is 0 Å². The molecule has 0 spiro atoms. The average molecular weight is 199 g/mol. The summed E-state index contributed by atoms with van der Waals surface area (Å²) in [5.74, 6) is 0.322. The minimum absolute atomic E-state index is 0.0125. The molecule has 2 aromatic rings. The lowest BCUT2D eigenvalue weighted by molar-refractivity contribution is 0.876. The highest BCUT2D eigenvalue weighted by atomic mass is 32.2. The zero-order valence-corrected chi connectivity index (χ0v) is 7.55. The molecule has 0 aromatic carbocycles. The van der Waals surface area contributed by atoms with Crippen LogP contribution in [0, 0.1) is 6.92 Å². The standard InChI is InChI=1S/C6H6FN5S/c1-3-4-5(8)9-2-10-6(4)12(11-3)13-7/h2H,1H3,(H2,8,9,10). The molecule has 0 atom stereocenters. The van der Waals surface area contributed by atoms with Gasteiger partial charge in [-0.25, -0.2) is 9.97 Å². The molecule has 0 radical (unpaired) electrons. The largest absolute Gasteiger partial charge is 0.383 e. The van der Waals surface area contributed by atoms with Crippen molar-refractivity contribution >= 4 is 29.2 Å². The number of nitrogens with two attached hydrogens (primary N) is 1. The summed E-state index contributed by atoms with van der Waals surface area (Å²) in [7, 11) is 0. The van der Waals surface area contributed by atoms with Crippen molar-refractivity contribution in [1.29, 1.82) is 0 Å². The van der Waals surface area contributed by atoms with E-state index in [4.69, 9.17) is 5.73 Å². The predicted molar refractivity (Wildman–Crippen MR) is 48.6 cm³/mol. The Labute approximate surface area is 77.6 Å². The number of fused-ring (bicyclic) bond motifs is 1. The van der Waals surface area contributed by atoms with Gasteiger partial charge in [0.05, 0.1) is 11.1 Å². The topological polar surface area (TPSA) is 69.6 Å². The second kappa shape index (κ2) is 2.84. The highest BCUT2D eigenvalue weighted by Gasteiger charge is 2.12. The SMILES string of the molecule is Cc1nn(SF)c2ncnc(N)c12. The number of nitrogen functional groups attached to an aromatic ring is 1. The van der Waals surface area contributed by atoms with E-state index >= 15 is 0 Å². The van der Waals surface area contributed by atoms with Crippen molar-refractivity contribution in [1.82, 2.24) is 19.2 Å². The third-order valence-electron chi connectivity index (χ3n) is 1.71. The molecule has 5 nitrogen and oxygen atoms in total. The summed E-state index contributed by atoms with van der Waals surface area (Å²) < 4.78 is 13.4. The maximum absolute atomic E-state index is 12.3. The molecule has 68 valence electrons. The van der Waals surface area contributed by atoms with Crippen LogP contribution in [0.4, 0.5) is 9.70 Å². The van der Waals surface area contributed by atoms with Gasteiger partial charge in [-0.1, -0.05) is 0 Å². The van der Waals surface area contributed by atoms with E-state index < -0.39 is 0 Å². The Kier molecular flexibility index (Phi) is 1.80. The molecule has 0 aliphatic carbocycles. The molecule has 7 heteroatoms. The van der Waals surface area contributed by atoms with E-state index in [1.165, 1.54) is 6.33 Å². The van der Waals surface area contributed by atoms with Crippen molar-refractivity contribution in [3.8, 4) is 0 Å². The summed E-state index contributed by atoms with van der Waals surface area (Å²) in [6, 6.07) is 0. The van der Waals surface area contributed by atoms with Gasteiger partial charge >= 0.3 is 0 Å². The average Bonchev–Trinajstić information content (AvgIpc) is 2.44. The molecule has 0 aliphatic rings. The summed E-state index contributed by atoms with van der Waals surface area (Å²) >= 11 is -0.0125. The molecular weight excluding hydrogens is 193 g/mol. The molecule has 2 aromatic heterocycles. The Morgan fingerprint density at radius 2 is 2.31 bits per heavy atom. The first-order valence-corrected chi connectivity index (χ1v) is 4.16. The zero-order chi connectivity index (χ0) is 9.42. The quantitative estimate of drug-likeness (QED) is 0.744. The Balaban J connectivity index is 2.87. The first-order chi connectivity index (χ1) is 6.24. The van der Waals surface area contributed by atoms with Gasteiger partial charge < -0.3 is 5.73 Å². The van der Waals surface area contributed by atoms with Crippen molar-refractivity contribution in [3.63, 3.8) is 0 Å². The van der Waals surface area contributed by atoms with E-state index in [9.17, 15) is 3.89 Å². The lowest BCUT2D eigenvalue weighted by atomic mass is 10.3. The Hall–Kier alpha value is -1.37. The van der Waals surface area contributed by atoms with Crippen LogP contribution in [0.15, 0.2) is 6.33 Å². The van der Waals surface area contributed by atoms with Crippen LogP contribution in [0.1, 0.15) is 5.69 Å². The van der Waals surface area contributed by atoms with Crippen molar-refractivity contribution in [2.75, 3.05) is 5.73 Å². The Morgan fingerprint density at radius 3 is 3.00 bits per heavy atom. The molecule has 0 aliphatic heterocycles. The van der Waals surface area contributed by atoms with Crippen LogP contribution in [0.5, 0.6) is 0 Å². The molecule has 0 bridgehead atoms. The van der Waals surface area contributed by atoms with Crippen LogP contribution in [0.3, 0.4) is 0 Å². The van der Waals surface area contributed by atoms with Gasteiger partial charge in [0, 0.05) is 0 Å². The second-order valence-corrected chi connectivity index (χ2v) is 2.97. The fraction of sp³-hybridized carbons (Fsp3) is 0.167. The first kappa shape index (κ1) is 8.24. The van der Waals surface area contributed by atoms with Crippen molar-refractivity contribution in [3.05, 3.63) is 12.0 Å². The number of halogens is 1. The van der Waals surface area contributed by atoms with E-state index in [0.29, 0.717) is 22.5 Å². The minimum atomic E-state index is -0.0125. The number of anilines is 1. The molecular formula is C6H6FN5S. The molecule has 13 heavy (non-hydrogen) atoms. The Morgan fingerprint density at radius 1 is 1.54 bits per heavy atom. The summed E-state index contributed by atoms with van der Waals surface area (Å²) in [4.78, 5) is 7.68. The maximum Gasteiger partial charge on any atom is 0.189 e. The molecule has 0 fully saturated rings. The molecule has 0 saturated heterocycles. The van der Waals surface area contributed by atoms with Gasteiger partial charge in [-0.15, -0.1) is 3.89 Å².